The molecule has 0 bridgehead atoms. The summed E-state index contributed by atoms with van der Waals surface area (Å²) in [6.45, 7) is 1.59. The van der Waals surface area contributed by atoms with E-state index in [9.17, 15) is 14.4 Å². The van der Waals surface area contributed by atoms with Gasteiger partial charge in [0.15, 0.2) is 5.78 Å². The number of Topliss-reactive ketones (excluding diaryl/α,β-unsaturated/α-hetero) is 1. The summed E-state index contributed by atoms with van der Waals surface area (Å²) in [4.78, 5) is 36.5. The van der Waals surface area contributed by atoms with E-state index in [1.807, 2.05) is 24.3 Å². The largest absolute Gasteiger partial charge is 0.636 e. The number of nitrogens with zero attached hydrogens (tertiary/aromatic N) is 1. The number of benzene rings is 2. The first kappa shape index (κ1) is 17.9. The number of hydrogen-bond acceptors (Lipinski definition) is 6. The minimum Gasteiger partial charge on any atom is -0.494 e. The van der Waals surface area contributed by atoms with Crippen molar-refractivity contribution in [1.29, 1.82) is 0 Å². The van der Waals surface area contributed by atoms with Crippen LogP contribution in [0.4, 0.5) is 0 Å². The molecule has 0 saturated carbocycles. The second-order valence-electron chi connectivity index (χ2n) is 6.24. The molecule has 1 aliphatic rings. The Morgan fingerprint density at radius 3 is 1.81 bits per heavy atom. The molecular weight excluding hydrogens is 333 g/mol. The molecule has 0 unspecified atom stereocenters. The van der Waals surface area contributed by atoms with E-state index in [-0.39, 0.29) is 18.9 Å². The monoisotopic (exact) mass is 351 g/mol. The number of hydrogen-bond donors (Lipinski definition) is 0. The number of carbonyl (C=O) groups excluding carboxylic acids is 3. The SMILES string of the molecule is CC(=O)c1ccc(-c2ccc(B3OC(=O)CN(C)CC(=O)O3)cc2)cc1. The van der Waals surface area contributed by atoms with E-state index >= 15 is 0 Å². The molecule has 2 aromatic carbocycles. The fraction of sp³-hybridized carbons (Fsp3) is 0.211. The molecule has 0 aliphatic carbocycles. The number of ketones is 1. The summed E-state index contributed by atoms with van der Waals surface area (Å²) < 4.78 is 10.5. The van der Waals surface area contributed by atoms with Crippen molar-refractivity contribution in [1.82, 2.24) is 4.90 Å². The molecule has 0 radical (unpaired) electrons. The highest BCUT2D eigenvalue weighted by molar-refractivity contribution is 6.64. The van der Waals surface area contributed by atoms with Gasteiger partial charge < -0.3 is 9.31 Å². The normalized spacial score (nSPS) is 15.7. The van der Waals surface area contributed by atoms with Gasteiger partial charge in [-0.1, -0.05) is 48.5 Å². The Hall–Kier alpha value is -2.93. The van der Waals surface area contributed by atoms with Gasteiger partial charge in [0.2, 0.25) is 0 Å². The molecule has 132 valence electrons. The highest BCUT2D eigenvalue weighted by atomic mass is 16.6. The molecule has 7 heteroatoms. The van der Waals surface area contributed by atoms with Crippen LogP contribution in [0.15, 0.2) is 48.5 Å². The van der Waals surface area contributed by atoms with Crippen LogP contribution in [0, 0.1) is 0 Å². The van der Waals surface area contributed by atoms with E-state index < -0.39 is 19.1 Å². The zero-order chi connectivity index (χ0) is 18.7. The molecule has 1 aliphatic heterocycles. The molecule has 3 rings (SSSR count). The van der Waals surface area contributed by atoms with Gasteiger partial charge in [-0.15, -0.1) is 0 Å². The molecular formula is C19H18BNO5. The van der Waals surface area contributed by atoms with Crippen LogP contribution in [0.2, 0.25) is 0 Å². The molecule has 1 saturated heterocycles. The van der Waals surface area contributed by atoms with Crippen LogP contribution in [0.1, 0.15) is 17.3 Å². The maximum atomic E-state index is 11.8. The zero-order valence-electron chi connectivity index (χ0n) is 14.6. The van der Waals surface area contributed by atoms with Crippen LogP contribution in [-0.4, -0.2) is 49.9 Å². The molecule has 26 heavy (non-hydrogen) atoms. The van der Waals surface area contributed by atoms with Crippen LogP contribution in [0.25, 0.3) is 11.1 Å². The maximum Gasteiger partial charge on any atom is 0.636 e. The molecule has 1 fully saturated rings. The van der Waals surface area contributed by atoms with Gasteiger partial charge in [-0.05, 0) is 25.1 Å². The van der Waals surface area contributed by atoms with Crippen LogP contribution in [0.3, 0.4) is 0 Å². The van der Waals surface area contributed by atoms with Crippen LogP contribution < -0.4 is 5.46 Å². The first-order valence-corrected chi connectivity index (χ1v) is 8.21. The van der Waals surface area contributed by atoms with E-state index in [2.05, 4.69) is 0 Å². The Bertz CT molecular complexity index is 812. The molecule has 0 atom stereocenters. The molecule has 1 heterocycles. The fourth-order valence-electron chi connectivity index (χ4n) is 2.70. The maximum absolute atomic E-state index is 11.8. The van der Waals surface area contributed by atoms with Crippen LogP contribution >= 0.6 is 0 Å². The summed E-state index contributed by atoms with van der Waals surface area (Å²) in [7, 11) is 0.604. The van der Waals surface area contributed by atoms with Gasteiger partial charge in [-0.3, -0.25) is 19.3 Å². The molecule has 6 nitrogen and oxygen atoms in total. The van der Waals surface area contributed by atoms with Gasteiger partial charge in [0.1, 0.15) is 0 Å². The second-order valence-corrected chi connectivity index (χ2v) is 6.24. The lowest BCUT2D eigenvalue weighted by molar-refractivity contribution is -0.145. The van der Waals surface area contributed by atoms with E-state index in [0.29, 0.717) is 11.0 Å². The highest BCUT2D eigenvalue weighted by Gasteiger charge is 2.33. The third kappa shape index (κ3) is 4.18. The van der Waals surface area contributed by atoms with E-state index in [0.717, 1.165) is 11.1 Å². The van der Waals surface area contributed by atoms with E-state index in [1.165, 1.54) is 11.8 Å². The zero-order valence-corrected chi connectivity index (χ0v) is 14.6. The van der Waals surface area contributed by atoms with Gasteiger partial charge in [-0.2, -0.15) is 0 Å². The van der Waals surface area contributed by atoms with Crippen molar-refractivity contribution in [3.63, 3.8) is 0 Å². The summed E-state index contributed by atoms with van der Waals surface area (Å²) in [5.74, 6) is -0.881. The van der Waals surface area contributed by atoms with Crippen LogP contribution in [0.5, 0.6) is 0 Å². The van der Waals surface area contributed by atoms with Crippen molar-refractivity contribution in [2.24, 2.45) is 0 Å². The lowest BCUT2D eigenvalue weighted by Gasteiger charge is -2.22. The molecule has 0 N–H and O–H groups in total. The number of likely N-dealkylation sites (N-methyl/N-ethyl adjacent to an activating group) is 1. The second kappa shape index (κ2) is 7.53. The van der Waals surface area contributed by atoms with Crippen molar-refractivity contribution in [2.45, 2.75) is 6.92 Å². The van der Waals surface area contributed by atoms with Gasteiger partial charge >= 0.3 is 19.1 Å². The van der Waals surface area contributed by atoms with Crippen molar-refractivity contribution in [2.75, 3.05) is 20.1 Å². The fourth-order valence-corrected chi connectivity index (χ4v) is 2.70. The average Bonchev–Trinajstić information content (AvgIpc) is 2.60. The molecule has 0 aromatic heterocycles. The molecule has 0 spiro atoms. The predicted octanol–water partition coefficient (Wildman–Crippen LogP) is 1.28. The minimum atomic E-state index is -1.04. The Kier molecular flexibility index (Phi) is 5.18. The summed E-state index contributed by atoms with van der Waals surface area (Å²) in [5, 5.41) is 0. The highest BCUT2D eigenvalue weighted by Crippen LogP contribution is 2.19. The molecule has 2 aromatic rings. The summed E-state index contributed by atoms with van der Waals surface area (Å²) in [5.41, 5.74) is 3.13. The lowest BCUT2D eigenvalue weighted by Crippen LogP contribution is -2.47. The topological polar surface area (TPSA) is 72.9 Å². The quantitative estimate of drug-likeness (QED) is 0.613. The Morgan fingerprint density at radius 1 is 0.885 bits per heavy atom. The van der Waals surface area contributed by atoms with Crippen molar-refractivity contribution < 1.29 is 23.7 Å². The first-order valence-electron chi connectivity index (χ1n) is 8.21. The van der Waals surface area contributed by atoms with E-state index in [1.54, 1.807) is 31.3 Å². The van der Waals surface area contributed by atoms with Crippen LogP contribution in [-0.2, 0) is 18.9 Å². The lowest BCUT2D eigenvalue weighted by atomic mass is 9.78. The van der Waals surface area contributed by atoms with Crippen molar-refractivity contribution in [3.05, 3.63) is 54.1 Å². The van der Waals surface area contributed by atoms with Gasteiger partial charge in [0, 0.05) is 11.0 Å². The Balaban J connectivity index is 1.78. The Morgan fingerprint density at radius 2 is 1.35 bits per heavy atom. The smallest absolute Gasteiger partial charge is 0.494 e. The average molecular weight is 351 g/mol. The van der Waals surface area contributed by atoms with Gasteiger partial charge in [0.25, 0.3) is 0 Å². The summed E-state index contributed by atoms with van der Waals surface area (Å²) in [6, 6.07) is 14.5. The standard InChI is InChI=1S/C19H18BNO5/c1-13(22)14-3-5-15(6-4-14)16-7-9-17(10-8-16)20-25-18(23)11-21(2)12-19(24)26-20/h3-10H,11-12H2,1-2H3. The number of carbonyl (C=O) groups is 3. The Labute approximate surface area is 151 Å². The summed E-state index contributed by atoms with van der Waals surface area (Å²) >= 11 is 0. The third-order valence-corrected chi connectivity index (χ3v) is 4.08. The minimum absolute atomic E-state index is 0.0189. The third-order valence-electron chi connectivity index (χ3n) is 4.08. The number of rotatable bonds is 3. The summed E-state index contributed by atoms with van der Waals surface area (Å²) in [6.07, 6.45) is 0. The molecule has 0 amide bonds. The van der Waals surface area contributed by atoms with Crippen molar-refractivity contribution >= 4 is 30.3 Å². The van der Waals surface area contributed by atoms with Gasteiger partial charge in [-0.25, -0.2) is 0 Å². The van der Waals surface area contributed by atoms with Crippen molar-refractivity contribution in [3.8, 4) is 11.1 Å². The van der Waals surface area contributed by atoms with E-state index in [4.69, 9.17) is 9.31 Å². The van der Waals surface area contributed by atoms with Gasteiger partial charge in [0.05, 0.1) is 13.1 Å². The predicted molar refractivity (Wildman–Crippen MR) is 97.0 cm³/mol. The first-order chi connectivity index (χ1) is 12.4.